The Kier molecular flexibility index (Phi) is 6.05. The minimum atomic E-state index is -0.371. The van der Waals surface area contributed by atoms with Crippen molar-refractivity contribution < 1.29 is 4.79 Å². The maximum atomic E-state index is 12.7. The van der Waals surface area contributed by atoms with Crippen LogP contribution in [0.2, 0.25) is 0 Å². The van der Waals surface area contributed by atoms with Crippen LogP contribution in [-0.4, -0.2) is 47.0 Å². The Bertz CT molecular complexity index is 1160. The molecule has 1 fully saturated rings. The number of anilines is 2. The van der Waals surface area contributed by atoms with Gasteiger partial charge in [-0.15, -0.1) is 0 Å². The fourth-order valence-corrected chi connectivity index (χ4v) is 3.61. The zero-order valence-electron chi connectivity index (χ0n) is 18.6. The Labute approximate surface area is 187 Å². The number of hydrogen-bond acceptors (Lipinski definition) is 6. The van der Waals surface area contributed by atoms with E-state index >= 15 is 0 Å². The summed E-state index contributed by atoms with van der Waals surface area (Å²) in [6.07, 6.45) is 3.12. The van der Waals surface area contributed by atoms with Crippen LogP contribution >= 0.6 is 0 Å². The van der Waals surface area contributed by atoms with Gasteiger partial charge in [-0.2, -0.15) is 0 Å². The number of H-pyrrole nitrogens is 1. The van der Waals surface area contributed by atoms with Crippen LogP contribution in [-0.2, 0) is 5.41 Å². The summed E-state index contributed by atoms with van der Waals surface area (Å²) in [6, 6.07) is 11.0. The number of benzene rings is 1. The van der Waals surface area contributed by atoms with Crippen LogP contribution in [0, 0.1) is 0 Å². The molecule has 3 heterocycles. The van der Waals surface area contributed by atoms with E-state index in [0.717, 1.165) is 37.6 Å². The summed E-state index contributed by atoms with van der Waals surface area (Å²) < 4.78 is 0. The lowest BCUT2D eigenvalue weighted by Crippen LogP contribution is -2.43. The molecule has 1 aliphatic rings. The van der Waals surface area contributed by atoms with Crippen LogP contribution in [0.5, 0.6) is 0 Å². The Morgan fingerprint density at radius 2 is 1.78 bits per heavy atom. The molecule has 3 aromatic rings. The highest BCUT2D eigenvalue weighted by Crippen LogP contribution is 2.23. The zero-order chi connectivity index (χ0) is 22.7. The molecular weight excluding hydrogens is 404 g/mol. The van der Waals surface area contributed by atoms with Crippen molar-refractivity contribution in [2.75, 3.05) is 36.4 Å². The van der Waals surface area contributed by atoms with E-state index < -0.39 is 0 Å². The normalized spacial score (nSPS) is 14.3. The molecule has 0 bridgehead atoms. The van der Waals surface area contributed by atoms with E-state index in [9.17, 15) is 9.59 Å². The average molecular weight is 433 g/mol. The minimum Gasteiger partial charge on any atom is -0.354 e. The van der Waals surface area contributed by atoms with E-state index in [-0.39, 0.29) is 22.6 Å². The van der Waals surface area contributed by atoms with Crippen molar-refractivity contribution in [3.63, 3.8) is 0 Å². The van der Waals surface area contributed by atoms with E-state index in [1.165, 1.54) is 6.33 Å². The number of carbonyl (C=O) groups excluding carboxylic acids is 1. The number of carbonyl (C=O) groups is 1. The van der Waals surface area contributed by atoms with Crippen LogP contribution in [0.15, 0.2) is 53.7 Å². The van der Waals surface area contributed by atoms with Crippen LogP contribution < -0.4 is 21.1 Å². The van der Waals surface area contributed by atoms with Crippen molar-refractivity contribution >= 4 is 17.4 Å². The summed E-state index contributed by atoms with van der Waals surface area (Å²) in [4.78, 5) is 38.7. The summed E-state index contributed by atoms with van der Waals surface area (Å²) in [6.45, 7) is 9.92. The van der Waals surface area contributed by atoms with Crippen molar-refractivity contribution in [3.05, 3.63) is 70.4 Å². The van der Waals surface area contributed by atoms with Gasteiger partial charge in [0.05, 0.1) is 5.69 Å². The molecule has 0 atom stereocenters. The summed E-state index contributed by atoms with van der Waals surface area (Å²) in [5.74, 6) is 0.504. The van der Waals surface area contributed by atoms with Crippen molar-refractivity contribution in [2.45, 2.75) is 26.2 Å². The van der Waals surface area contributed by atoms with Gasteiger partial charge in [-0.25, -0.2) is 9.97 Å². The van der Waals surface area contributed by atoms with Gasteiger partial charge in [-0.1, -0.05) is 32.9 Å². The molecule has 8 nitrogen and oxygen atoms in total. The number of amides is 1. The van der Waals surface area contributed by atoms with Gasteiger partial charge in [0.15, 0.2) is 0 Å². The van der Waals surface area contributed by atoms with Gasteiger partial charge in [-0.3, -0.25) is 9.59 Å². The number of aromatic nitrogens is 3. The monoisotopic (exact) mass is 432 g/mol. The van der Waals surface area contributed by atoms with Gasteiger partial charge in [0, 0.05) is 49.6 Å². The molecule has 1 aliphatic heterocycles. The highest BCUT2D eigenvalue weighted by Gasteiger charge is 2.16. The molecule has 0 saturated carbocycles. The number of nitrogens with zero attached hydrogens (tertiary/aromatic N) is 3. The van der Waals surface area contributed by atoms with Crippen molar-refractivity contribution in [1.29, 1.82) is 0 Å². The van der Waals surface area contributed by atoms with Gasteiger partial charge in [0.25, 0.3) is 11.5 Å². The zero-order valence-corrected chi connectivity index (χ0v) is 18.6. The average Bonchev–Trinajstić information content (AvgIpc) is 2.80. The van der Waals surface area contributed by atoms with E-state index in [1.54, 1.807) is 24.4 Å². The Balaban J connectivity index is 1.55. The summed E-state index contributed by atoms with van der Waals surface area (Å²) in [7, 11) is 0. The van der Waals surface area contributed by atoms with Crippen LogP contribution in [0.1, 0.15) is 36.7 Å². The number of rotatable bonds is 4. The molecule has 32 heavy (non-hydrogen) atoms. The van der Waals surface area contributed by atoms with Crippen molar-refractivity contribution in [3.8, 4) is 11.3 Å². The first kappa shape index (κ1) is 21.7. The third kappa shape index (κ3) is 4.86. The number of pyridine rings is 1. The second kappa shape index (κ2) is 8.92. The Hall–Kier alpha value is -3.52. The highest BCUT2D eigenvalue weighted by atomic mass is 16.2. The number of hydrogen-bond donors (Lipinski definition) is 3. The molecule has 4 rings (SSSR count). The fourth-order valence-electron chi connectivity index (χ4n) is 3.61. The third-order valence-electron chi connectivity index (χ3n) is 5.55. The second-order valence-corrected chi connectivity index (χ2v) is 8.91. The fraction of sp³-hybridized carbons (Fsp3) is 0.333. The summed E-state index contributed by atoms with van der Waals surface area (Å²) in [5.41, 5.74) is 2.81. The van der Waals surface area contributed by atoms with Gasteiger partial charge in [0.1, 0.15) is 17.8 Å². The second-order valence-electron chi connectivity index (χ2n) is 8.91. The van der Waals surface area contributed by atoms with Crippen LogP contribution in [0.4, 0.5) is 11.5 Å². The first-order valence-corrected chi connectivity index (χ1v) is 10.7. The summed E-state index contributed by atoms with van der Waals surface area (Å²) in [5, 5.41) is 6.05. The van der Waals surface area contributed by atoms with E-state index in [4.69, 9.17) is 0 Å². The van der Waals surface area contributed by atoms with Crippen LogP contribution in [0.25, 0.3) is 11.3 Å². The molecule has 0 radical (unpaired) electrons. The molecule has 1 saturated heterocycles. The maximum absolute atomic E-state index is 12.7. The quantitative estimate of drug-likeness (QED) is 0.586. The Morgan fingerprint density at radius 3 is 2.47 bits per heavy atom. The van der Waals surface area contributed by atoms with E-state index in [2.05, 4.69) is 51.3 Å². The van der Waals surface area contributed by atoms with E-state index in [0.29, 0.717) is 16.8 Å². The lowest BCUT2D eigenvalue weighted by atomic mass is 9.87. The topological polar surface area (TPSA) is 103 Å². The predicted molar refractivity (Wildman–Crippen MR) is 126 cm³/mol. The van der Waals surface area contributed by atoms with Crippen molar-refractivity contribution in [2.24, 2.45) is 0 Å². The van der Waals surface area contributed by atoms with E-state index in [1.807, 2.05) is 18.2 Å². The molecule has 8 heteroatoms. The Morgan fingerprint density at radius 1 is 1.06 bits per heavy atom. The molecule has 166 valence electrons. The standard InChI is InChI=1S/C24H28N6O2/c1-24(2,3)18-6-4-16(5-7-18)22(31)29-20-12-17(14-26-23(20)32)19-13-21(28-15-27-19)30-10-8-25-9-11-30/h4-7,12-15,25H,8-11H2,1-3H3,(H,26,32)(H,29,31). The molecule has 2 aromatic heterocycles. The molecule has 3 N–H and O–H groups in total. The molecule has 1 aromatic carbocycles. The van der Waals surface area contributed by atoms with Crippen molar-refractivity contribution in [1.82, 2.24) is 20.3 Å². The first-order chi connectivity index (χ1) is 15.3. The lowest BCUT2D eigenvalue weighted by Gasteiger charge is -2.28. The molecule has 0 aliphatic carbocycles. The molecule has 0 unspecified atom stereocenters. The SMILES string of the molecule is CC(C)(C)c1ccc(C(=O)Nc2cc(-c3cc(N4CCNCC4)ncn3)c[nH]c2=O)cc1. The lowest BCUT2D eigenvalue weighted by molar-refractivity contribution is 0.102. The molecule has 0 spiro atoms. The molecular formula is C24H28N6O2. The van der Waals surface area contributed by atoms with Crippen LogP contribution in [0.3, 0.4) is 0 Å². The van der Waals surface area contributed by atoms with Gasteiger partial charge in [-0.05, 0) is 29.2 Å². The maximum Gasteiger partial charge on any atom is 0.271 e. The number of aromatic amines is 1. The first-order valence-electron chi connectivity index (χ1n) is 10.7. The van der Waals surface area contributed by atoms with Gasteiger partial charge >= 0.3 is 0 Å². The number of nitrogens with one attached hydrogen (secondary N) is 3. The van der Waals surface area contributed by atoms with Gasteiger partial charge in [0.2, 0.25) is 0 Å². The number of piperazine rings is 1. The smallest absolute Gasteiger partial charge is 0.271 e. The minimum absolute atomic E-state index is 0.00158. The predicted octanol–water partition coefficient (Wildman–Crippen LogP) is 2.79. The molecule has 1 amide bonds. The largest absolute Gasteiger partial charge is 0.354 e. The third-order valence-corrected chi connectivity index (χ3v) is 5.55. The summed E-state index contributed by atoms with van der Waals surface area (Å²) >= 11 is 0. The van der Waals surface area contributed by atoms with Gasteiger partial charge < -0.3 is 20.5 Å². The highest BCUT2D eigenvalue weighted by molar-refractivity contribution is 6.04.